The number of carbonyl (C=O) groups is 1. The molecule has 1 heterocycles. The maximum Gasteiger partial charge on any atom is 0.237 e. The summed E-state index contributed by atoms with van der Waals surface area (Å²) in [7, 11) is 1.67. The third-order valence-electron chi connectivity index (χ3n) is 4.74. The van der Waals surface area contributed by atoms with Crippen molar-refractivity contribution >= 4 is 5.91 Å². The first-order valence-electron chi connectivity index (χ1n) is 9.00. The number of aliphatic hydroxyl groups is 1. The molecule has 3 rings (SSSR count). The standard InChI is InChI=1S/C21H26N2O3/c1-15(24)13-22-14-19(25)23-12-11-16-9-6-10-18(26-2)20(16)21(23)17-7-4-3-5-8-17/h3-10,15,21-22,24H,11-14H2,1-2H3/t15-,21-/m0/s1. The van der Waals surface area contributed by atoms with E-state index in [0.29, 0.717) is 13.1 Å². The van der Waals surface area contributed by atoms with E-state index >= 15 is 0 Å². The lowest BCUT2D eigenvalue weighted by Crippen LogP contribution is -2.45. The first kappa shape index (κ1) is 18.4. The van der Waals surface area contributed by atoms with Crippen molar-refractivity contribution in [2.75, 3.05) is 26.7 Å². The van der Waals surface area contributed by atoms with Gasteiger partial charge in [-0.3, -0.25) is 4.79 Å². The fourth-order valence-electron chi connectivity index (χ4n) is 3.56. The molecule has 1 aliphatic heterocycles. The van der Waals surface area contributed by atoms with Crippen molar-refractivity contribution in [3.8, 4) is 5.75 Å². The second kappa shape index (κ2) is 8.34. The molecule has 1 amide bonds. The van der Waals surface area contributed by atoms with Crippen molar-refractivity contribution in [1.29, 1.82) is 0 Å². The van der Waals surface area contributed by atoms with E-state index in [2.05, 4.69) is 23.5 Å². The van der Waals surface area contributed by atoms with Gasteiger partial charge in [0.15, 0.2) is 0 Å². The van der Waals surface area contributed by atoms with Crippen LogP contribution in [0.15, 0.2) is 48.5 Å². The summed E-state index contributed by atoms with van der Waals surface area (Å²) in [5, 5.41) is 12.4. The maximum atomic E-state index is 12.9. The number of hydrogen-bond acceptors (Lipinski definition) is 4. The molecule has 0 saturated heterocycles. The minimum atomic E-state index is -0.477. The minimum Gasteiger partial charge on any atom is -0.496 e. The summed E-state index contributed by atoms with van der Waals surface area (Å²) in [6.45, 7) is 2.97. The molecule has 0 unspecified atom stereocenters. The second-order valence-corrected chi connectivity index (χ2v) is 6.66. The van der Waals surface area contributed by atoms with Crippen LogP contribution in [0.25, 0.3) is 0 Å². The summed E-state index contributed by atoms with van der Waals surface area (Å²) in [4.78, 5) is 14.8. The molecular weight excluding hydrogens is 328 g/mol. The molecule has 5 nitrogen and oxygen atoms in total. The Kier molecular flexibility index (Phi) is 5.91. The van der Waals surface area contributed by atoms with Gasteiger partial charge in [-0.1, -0.05) is 42.5 Å². The lowest BCUT2D eigenvalue weighted by atomic mass is 9.87. The topological polar surface area (TPSA) is 61.8 Å². The molecule has 0 aliphatic carbocycles. The van der Waals surface area contributed by atoms with Crippen molar-refractivity contribution in [2.45, 2.75) is 25.5 Å². The number of rotatable bonds is 6. The monoisotopic (exact) mass is 354 g/mol. The summed E-state index contributed by atoms with van der Waals surface area (Å²) in [5.41, 5.74) is 3.36. The average Bonchev–Trinajstić information content (AvgIpc) is 2.66. The first-order chi connectivity index (χ1) is 12.6. The number of hydrogen-bond donors (Lipinski definition) is 2. The largest absolute Gasteiger partial charge is 0.496 e. The molecule has 26 heavy (non-hydrogen) atoms. The van der Waals surface area contributed by atoms with Crippen LogP contribution in [0.5, 0.6) is 5.75 Å². The Morgan fingerprint density at radius 2 is 2.04 bits per heavy atom. The van der Waals surface area contributed by atoms with E-state index in [1.165, 1.54) is 5.56 Å². The van der Waals surface area contributed by atoms with Gasteiger partial charge in [0.2, 0.25) is 5.91 Å². The molecule has 138 valence electrons. The van der Waals surface area contributed by atoms with Crippen LogP contribution < -0.4 is 10.1 Å². The van der Waals surface area contributed by atoms with Crippen LogP contribution in [0.1, 0.15) is 29.7 Å². The lowest BCUT2D eigenvalue weighted by Gasteiger charge is -2.38. The molecular formula is C21H26N2O3. The summed E-state index contributed by atoms with van der Waals surface area (Å²) < 4.78 is 5.62. The average molecular weight is 354 g/mol. The van der Waals surface area contributed by atoms with Gasteiger partial charge >= 0.3 is 0 Å². The molecule has 2 aromatic carbocycles. The van der Waals surface area contributed by atoms with Crippen LogP contribution >= 0.6 is 0 Å². The predicted molar refractivity (Wildman–Crippen MR) is 101 cm³/mol. The number of nitrogens with one attached hydrogen (secondary N) is 1. The van der Waals surface area contributed by atoms with Crippen molar-refractivity contribution in [3.05, 3.63) is 65.2 Å². The molecule has 0 spiro atoms. The molecule has 5 heteroatoms. The van der Waals surface area contributed by atoms with Crippen LogP contribution in [0, 0.1) is 0 Å². The van der Waals surface area contributed by atoms with Crippen LogP contribution in [0.3, 0.4) is 0 Å². The molecule has 0 bridgehead atoms. The zero-order valence-electron chi connectivity index (χ0n) is 15.3. The minimum absolute atomic E-state index is 0.0241. The van der Waals surface area contributed by atoms with Crippen molar-refractivity contribution in [2.24, 2.45) is 0 Å². The Balaban J connectivity index is 1.95. The molecule has 2 atom stereocenters. The number of benzene rings is 2. The SMILES string of the molecule is COc1cccc2c1[C@H](c1ccccc1)N(C(=O)CNC[C@H](C)O)CC2. The Hall–Kier alpha value is -2.37. The highest BCUT2D eigenvalue weighted by Crippen LogP contribution is 2.40. The van der Waals surface area contributed by atoms with Crippen molar-refractivity contribution in [1.82, 2.24) is 10.2 Å². The second-order valence-electron chi connectivity index (χ2n) is 6.66. The van der Waals surface area contributed by atoms with Gasteiger partial charge in [-0.25, -0.2) is 0 Å². The van der Waals surface area contributed by atoms with E-state index in [4.69, 9.17) is 4.74 Å². The third kappa shape index (κ3) is 3.89. The van der Waals surface area contributed by atoms with E-state index in [0.717, 1.165) is 23.3 Å². The van der Waals surface area contributed by atoms with Gasteiger partial charge in [-0.05, 0) is 30.5 Å². The first-order valence-corrected chi connectivity index (χ1v) is 9.00. The van der Waals surface area contributed by atoms with E-state index in [1.54, 1.807) is 14.0 Å². The summed E-state index contributed by atoms with van der Waals surface area (Å²) in [6.07, 6.45) is 0.327. The summed E-state index contributed by atoms with van der Waals surface area (Å²) in [5.74, 6) is 0.835. The van der Waals surface area contributed by atoms with Gasteiger partial charge < -0.3 is 20.1 Å². The highest BCUT2D eigenvalue weighted by Gasteiger charge is 2.33. The van der Waals surface area contributed by atoms with Crippen LogP contribution in [0.4, 0.5) is 0 Å². The quantitative estimate of drug-likeness (QED) is 0.834. The zero-order valence-corrected chi connectivity index (χ0v) is 15.3. The Labute approximate surface area is 154 Å². The van der Waals surface area contributed by atoms with E-state index in [-0.39, 0.29) is 18.5 Å². The van der Waals surface area contributed by atoms with Crippen LogP contribution in [0.2, 0.25) is 0 Å². The molecule has 0 aromatic heterocycles. The highest BCUT2D eigenvalue weighted by molar-refractivity contribution is 5.80. The fourth-order valence-corrected chi connectivity index (χ4v) is 3.56. The van der Waals surface area contributed by atoms with E-state index in [9.17, 15) is 9.90 Å². The Bertz CT molecular complexity index is 732. The number of amides is 1. The molecule has 0 fully saturated rings. The van der Waals surface area contributed by atoms with Gasteiger partial charge in [0.05, 0.1) is 25.8 Å². The Morgan fingerprint density at radius 1 is 1.27 bits per heavy atom. The van der Waals surface area contributed by atoms with Crippen LogP contribution in [-0.4, -0.2) is 48.8 Å². The fraction of sp³-hybridized carbons (Fsp3) is 0.381. The van der Waals surface area contributed by atoms with E-state index in [1.807, 2.05) is 35.2 Å². The highest BCUT2D eigenvalue weighted by atomic mass is 16.5. The zero-order chi connectivity index (χ0) is 18.5. The van der Waals surface area contributed by atoms with E-state index < -0.39 is 6.10 Å². The van der Waals surface area contributed by atoms with Crippen molar-refractivity contribution < 1.29 is 14.6 Å². The molecule has 2 aromatic rings. The molecule has 2 N–H and O–H groups in total. The smallest absolute Gasteiger partial charge is 0.237 e. The number of aliphatic hydroxyl groups excluding tert-OH is 1. The third-order valence-corrected chi connectivity index (χ3v) is 4.74. The van der Waals surface area contributed by atoms with Gasteiger partial charge in [-0.2, -0.15) is 0 Å². The number of ether oxygens (including phenoxy) is 1. The number of fused-ring (bicyclic) bond motifs is 1. The summed E-state index contributed by atoms with van der Waals surface area (Å²) >= 11 is 0. The van der Waals surface area contributed by atoms with Gasteiger partial charge in [0.1, 0.15) is 5.75 Å². The van der Waals surface area contributed by atoms with Gasteiger partial charge in [0.25, 0.3) is 0 Å². The molecule has 0 radical (unpaired) electrons. The van der Waals surface area contributed by atoms with Crippen LogP contribution in [-0.2, 0) is 11.2 Å². The maximum absolute atomic E-state index is 12.9. The Morgan fingerprint density at radius 3 is 2.73 bits per heavy atom. The molecule has 1 aliphatic rings. The van der Waals surface area contributed by atoms with Gasteiger partial charge in [0, 0.05) is 18.7 Å². The summed E-state index contributed by atoms with van der Waals surface area (Å²) in [6, 6.07) is 16.0. The molecule has 0 saturated carbocycles. The normalized spacial score (nSPS) is 17.5. The van der Waals surface area contributed by atoms with Crippen molar-refractivity contribution in [3.63, 3.8) is 0 Å². The van der Waals surface area contributed by atoms with Gasteiger partial charge in [-0.15, -0.1) is 0 Å². The number of nitrogens with zero attached hydrogens (tertiary/aromatic N) is 1. The number of carbonyl (C=O) groups excluding carboxylic acids is 1. The predicted octanol–water partition coefficient (Wildman–Crippen LogP) is 2.14. The lowest BCUT2D eigenvalue weighted by molar-refractivity contribution is -0.132. The number of methoxy groups -OCH3 is 1.